The summed E-state index contributed by atoms with van der Waals surface area (Å²) in [6.07, 6.45) is 0. The van der Waals surface area contributed by atoms with Crippen LogP contribution in [0.4, 0.5) is 34.1 Å². The Morgan fingerprint density at radius 2 is 0.532 bits per heavy atom. The van der Waals surface area contributed by atoms with E-state index in [4.69, 9.17) is 0 Å². The third-order valence-corrected chi connectivity index (χ3v) is 19.0. The summed E-state index contributed by atoms with van der Waals surface area (Å²) in [5, 5.41) is 9.99. The molecule has 0 unspecified atom stereocenters. The minimum atomic E-state index is -0.209. The van der Waals surface area contributed by atoms with Crippen LogP contribution in [0.25, 0.3) is 121 Å². The number of anilines is 6. The molecule has 0 amide bonds. The molecule has 0 saturated carbocycles. The molecule has 0 aliphatic rings. The van der Waals surface area contributed by atoms with Crippen molar-refractivity contribution in [3.63, 3.8) is 0 Å². The van der Waals surface area contributed by atoms with Crippen LogP contribution in [-0.4, -0.2) is 9.13 Å². The van der Waals surface area contributed by atoms with Crippen LogP contribution in [0.5, 0.6) is 0 Å². The Morgan fingerprint density at radius 1 is 0.234 bits per heavy atom. The van der Waals surface area contributed by atoms with Crippen molar-refractivity contribution in [2.24, 2.45) is 0 Å². The van der Waals surface area contributed by atoms with E-state index in [1.807, 2.05) is 0 Å². The molecular weight excluding hydrogens is 1140 g/mol. The van der Waals surface area contributed by atoms with Crippen LogP contribution in [0, 0.1) is 0 Å². The van der Waals surface area contributed by atoms with Crippen LogP contribution in [0.1, 0.15) is 26.3 Å². The van der Waals surface area contributed by atoms with Gasteiger partial charge in [0, 0.05) is 67.0 Å². The molecule has 2 aromatic heterocycles. The van der Waals surface area contributed by atoms with Gasteiger partial charge in [0.1, 0.15) is 0 Å². The Labute approximate surface area is 548 Å². The van der Waals surface area contributed by atoms with Crippen molar-refractivity contribution in [2.45, 2.75) is 26.2 Å². The van der Waals surface area contributed by atoms with E-state index in [9.17, 15) is 0 Å². The molecule has 0 aliphatic heterocycles. The second kappa shape index (κ2) is 23.1. The minimum Gasteiger partial charge on any atom is -0.311 e. The lowest BCUT2D eigenvalue weighted by Crippen LogP contribution is -2.15. The second-order valence-electron chi connectivity index (χ2n) is 25.7. The van der Waals surface area contributed by atoms with Crippen LogP contribution in [-0.2, 0) is 5.41 Å². The van der Waals surface area contributed by atoms with Gasteiger partial charge in [-0.2, -0.15) is 0 Å². The first-order valence-electron chi connectivity index (χ1n) is 32.6. The van der Waals surface area contributed by atoms with Gasteiger partial charge in [-0.25, -0.2) is 0 Å². The third-order valence-electron chi connectivity index (χ3n) is 19.0. The number of hydrogen-bond donors (Lipinski definition) is 0. The molecule has 0 fully saturated rings. The molecule has 4 heteroatoms. The summed E-state index contributed by atoms with van der Waals surface area (Å²) in [5.41, 5.74) is 24.3. The number of nitrogens with zero attached hydrogens (tertiary/aromatic N) is 4. The second-order valence-corrected chi connectivity index (χ2v) is 25.7. The molecule has 0 saturated heterocycles. The quantitative estimate of drug-likeness (QED) is 0.113. The van der Waals surface area contributed by atoms with Crippen LogP contribution >= 0.6 is 0 Å². The summed E-state index contributed by atoms with van der Waals surface area (Å²) in [6, 6.07) is 127. The summed E-state index contributed by atoms with van der Waals surface area (Å²) in [4.78, 5) is 4.69. The zero-order chi connectivity index (χ0) is 62.9. The fraction of sp³-hybridized carbons (Fsp3) is 0.0444. The number of rotatable bonds is 12. The molecule has 15 aromatic carbocycles. The Balaban J connectivity index is 0.683. The van der Waals surface area contributed by atoms with E-state index >= 15 is 0 Å². The Hall–Kier alpha value is -12.0. The molecule has 0 atom stereocenters. The maximum absolute atomic E-state index is 2.44. The lowest BCUT2D eigenvalue weighted by Gasteiger charge is -2.29. The van der Waals surface area contributed by atoms with E-state index < -0.39 is 0 Å². The highest BCUT2D eigenvalue weighted by atomic mass is 15.1. The Morgan fingerprint density at radius 3 is 0.915 bits per heavy atom. The summed E-state index contributed by atoms with van der Waals surface area (Å²) in [7, 11) is 0. The van der Waals surface area contributed by atoms with E-state index in [-0.39, 0.29) is 5.41 Å². The average molecular weight is 1200 g/mol. The zero-order valence-corrected chi connectivity index (χ0v) is 52.7. The molecule has 0 spiro atoms. The molecule has 0 aliphatic carbocycles. The Bertz CT molecular complexity index is 5540. The third kappa shape index (κ3) is 9.87. The van der Waals surface area contributed by atoms with E-state index in [2.05, 4.69) is 385 Å². The minimum absolute atomic E-state index is 0.209. The van der Waals surface area contributed by atoms with Gasteiger partial charge in [-0.05, 0) is 217 Å². The van der Waals surface area contributed by atoms with Gasteiger partial charge in [0.2, 0.25) is 0 Å². The van der Waals surface area contributed by atoms with Gasteiger partial charge < -0.3 is 18.9 Å². The van der Waals surface area contributed by atoms with Gasteiger partial charge in [-0.3, -0.25) is 0 Å². The normalized spacial score (nSPS) is 11.8. The largest absolute Gasteiger partial charge is 0.311 e. The fourth-order valence-corrected chi connectivity index (χ4v) is 14.6. The first-order valence-corrected chi connectivity index (χ1v) is 32.6. The fourth-order valence-electron chi connectivity index (χ4n) is 14.6. The highest BCUT2D eigenvalue weighted by molar-refractivity contribution is 6.12. The van der Waals surface area contributed by atoms with Crippen molar-refractivity contribution >= 4 is 99.3 Å². The number of fused-ring (bicyclic) bond motifs is 8. The van der Waals surface area contributed by atoms with Crippen LogP contribution < -0.4 is 9.80 Å². The topological polar surface area (TPSA) is 16.3 Å². The molecule has 17 aromatic rings. The summed E-state index contributed by atoms with van der Waals surface area (Å²) in [5.74, 6) is 0. The van der Waals surface area contributed by atoms with Crippen LogP contribution in [0.3, 0.4) is 0 Å². The van der Waals surface area contributed by atoms with E-state index in [0.717, 1.165) is 56.6 Å². The van der Waals surface area contributed by atoms with Crippen molar-refractivity contribution in [2.75, 3.05) is 9.80 Å². The zero-order valence-electron chi connectivity index (χ0n) is 52.7. The summed E-state index contributed by atoms with van der Waals surface area (Å²) in [6.45, 7) is 7.10. The van der Waals surface area contributed by atoms with Crippen molar-refractivity contribution in [3.05, 3.63) is 351 Å². The molecular formula is C90H66N4. The SMILES string of the molecule is CC(C)(C)c1c(-c2ccc(-c3ccc(N(c4ccccc4)c4ccc(-n5c6ccccc6c6ccccc65)cc4)cc3)cc2)cc2cc3ccccc3cc2c1-c1ccc(-c2ccc(N(c3ccccc3)c3ccc(-n4c5ccccc5c5ccccc54)cc3)cc2)cc1. The first-order chi connectivity index (χ1) is 46.3. The van der Waals surface area contributed by atoms with Crippen molar-refractivity contribution < 1.29 is 0 Å². The molecule has 94 heavy (non-hydrogen) atoms. The molecule has 4 nitrogen and oxygen atoms in total. The van der Waals surface area contributed by atoms with E-state index in [0.29, 0.717) is 0 Å². The molecule has 446 valence electrons. The molecule has 0 N–H and O–H groups in total. The van der Waals surface area contributed by atoms with Gasteiger partial charge in [0.15, 0.2) is 0 Å². The van der Waals surface area contributed by atoms with Gasteiger partial charge in [0.25, 0.3) is 0 Å². The lowest BCUT2D eigenvalue weighted by molar-refractivity contribution is 0.594. The molecule has 2 heterocycles. The van der Waals surface area contributed by atoms with Gasteiger partial charge >= 0.3 is 0 Å². The number of aromatic nitrogens is 2. The monoisotopic (exact) mass is 1200 g/mol. The van der Waals surface area contributed by atoms with E-state index in [1.165, 1.54) is 104 Å². The summed E-state index contributed by atoms with van der Waals surface area (Å²) < 4.78 is 4.75. The first kappa shape index (κ1) is 56.0. The predicted molar refractivity (Wildman–Crippen MR) is 400 cm³/mol. The molecule has 17 rings (SSSR count). The highest BCUT2D eigenvalue weighted by Gasteiger charge is 2.27. The van der Waals surface area contributed by atoms with Gasteiger partial charge in [-0.1, -0.05) is 227 Å². The van der Waals surface area contributed by atoms with Gasteiger partial charge in [-0.15, -0.1) is 0 Å². The van der Waals surface area contributed by atoms with Gasteiger partial charge in [0.05, 0.1) is 22.1 Å². The highest BCUT2D eigenvalue weighted by Crippen LogP contribution is 2.48. The standard InChI is InChI=1S/C90H66N4/c1-90(2,3)89-83(65-38-34-61(35-39-65)63-42-46-72(47-43-63)91(70-22-6-4-7-23-70)74-50-54-76(55-51-74)93-84-30-16-12-26-78(84)79-27-13-17-31-85(79)93)60-69-58-67-20-10-11-21-68(67)59-82(69)88(89)66-40-36-62(37-41-66)64-44-48-73(49-45-64)92(71-24-8-5-9-25-71)75-52-56-77(57-53-75)94-86-32-18-14-28-80(86)81-29-15-19-33-87(81)94/h4-60H,1-3H3. The van der Waals surface area contributed by atoms with Crippen molar-refractivity contribution in [1.82, 2.24) is 9.13 Å². The lowest BCUT2D eigenvalue weighted by atomic mass is 9.75. The smallest absolute Gasteiger partial charge is 0.0541 e. The maximum atomic E-state index is 2.44. The van der Waals surface area contributed by atoms with Crippen LogP contribution in [0.15, 0.2) is 346 Å². The van der Waals surface area contributed by atoms with Crippen molar-refractivity contribution in [3.8, 4) is 55.9 Å². The predicted octanol–water partition coefficient (Wildman–Crippen LogP) is 25.1. The Kier molecular flexibility index (Phi) is 13.7. The number of para-hydroxylation sites is 6. The maximum Gasteiger partial charge on any atom is 0.0541 e. The summed E-state index contributed by atoms with van der Waals surface area (Å²) >= 11 is 0. The van der Waals surface area contributed by atoms with Crippen LogP contribution in [0.2, 0.25) is 0 Å². The number of benzene rings is 15. The van der Waals surface area contributed by atoms with E-state index in [1.54, 1.807) is 0 Å². The molecule has 0 bridgehead atoms. The number of hydrogen-bond acceptors (Lipinski definition) is 2. The molecule has 0 radical (unpaired) electrons. The average Bonchev–Trinajstić information content (AvgIpc) is 1.82. The van der Waals surface area contributed by atoms with Crippen molar-refractivity contribution in [1.29, 1.82) is 0 Å².